The molecular formula is C17H15NO4. The number of carboxylic acid groups (broad SMARTS) is 1. The van der Waals surface area contributed by atoms with Crippen LogP contribution in [-0.2, 0) is 22.7 Å². The van der Waals surface area contributed by atoms with Gasteiger partial charge < -0.3 is 14.4 Å². The van der Waals surface area contributed by atoms with Gasteiger partial charge in [0.15, 0.2) is 5.43 Å². The van der Waals surface area contributed by atoms with Gasteiger partial charge in [-0.05, 0) is 18.2 Å². The molecule has 3 rings (SSSR count). The number of carboxylic acids is 1. The Balaban J connectivity index is 2.53. The SMILES string of the molecule is COCc1cccc2c(=O)c3ccccc3n(CC(=O)O)c12. The van der Waals surface area contributed by atoms with E-state index in [0.717, 1.165) is 5.56 Å². The summed E-state index contributed by atoms with van der Waals surface area (Å²) in [4.78, 5) is 24.0. The van der Waals surface area contributed by atoms with E-state index < -0.39 is 5.97 Å². The van der Waals surface area contributed by atoms with Crippen molar-refractivity contribution in [2.24, 2.45) is 0 Å². The number of hydrogen-bond acceptors (Lipinski definition) is 3. The highest BCUT2D eigenvalue weighted by Gasteiger charge is 2.15. The summed E-state index contributed by atoms with van der Waals surface area (Å²) in [5, 5.41) is 10.3. The van der Waals surface area contributed by atoms with Crippen molar-refractivity contribution < 1.29 is 14.6 Å². The Morgan fingerprint density at radius 1 is 1.14 bits per heavy atom. The van der Waals surface area contributed by atoms with Gasteiger partial charge in [0, 0.05) is 23.4 Å². The minimum atomic E-state index is -0.956. The second kappa shape index (κ2) is 5.61. The van der Waals surface area contributed by atoms with Crippen molar-refractivity contribution in [3.8, 4) is 0 Å². The second-order valence-electron chi connectivity index (χ2n) is 5.07. The molecule has 1 aromatic heterocycles. The van der Waals surface area contributed by atoms with Crippen LogP contribution in [0.4, 0.5) is 0 Å². The number of aliphatic carboxylic acids is 1. The van der Waals surface area contributed by atoms with Crippen LogP contribution in [0.2, 0.25) is 0 Å². The number of carbonyl (C=O) groups is 1. The highest BCUT2D eigenvalue weighted by atomic mass is 16.5. The Hall–Kier alpha value is -2.66. The van der Waals surface area contributed by atoms with Crippen molar-refractivity contribution in [3.05, 3.63) is 58.3 Å². The zero-order chi connectivity index (χ0) is 15.7. The van der Waals surface area contributed by atoms with Gasteiger partial charge in [-0.3, -0.25) is 9.59 Å². The lowest BCUT2D eigenvalue weighted by Gasteiger charge is -2.16. The fourth-order valence-electron chi connectivity index (χ4n) is 2.83. The van der Waals surface area contributed by atoms with Crippen LogP contribution in [0.5, 0.6) is 0 Å². The summed E-state index contributed by atoms with van der Waals surface area (Å²) in [6.45, 7) is 0.104. The molecule has 0 fully saturated rings. The molecule has 112 valence electrons. The van der Waals surface area contributed by atoms with Crippen LogP contribution in [0, 0.1) is 0 Å². The number of methoxy groups -OCH3 is 1. The normalized spacial score (nSPS) is 11.1. The fraction of sp³-hybridized carbons (Fsp3) is 0.176. The molecule has 0 aliphatic rings. The molecule has 0 saturated heterocycles. The Bertz CT molecular complexity index is 927. The fourth-order valence-corrected chi connectivity index (χ4v) is 2.83. The van der Waals surface area contributed by atoms with Gasteiger partial charge in [-0.15, -0.1) is 0 Å². The molecule has 0 radical (unpaired) electrons. The van der Waals surface area contributed by atoms with Gasteiger partial charge >= 0.3 is 5.97 Å². The van der Waals surface area contributed by atoms with E-state index in [1.54, 1.807) is 48.1 Å². The number of nitrogens with zero attached hydrogens (tertiary/aromatic N) is 1. The molecule has 0 amide bonds. The topological polar surface area (TPSA) is 68.5 Å². The van der Waals surface area contributed by atoms with E-state index in [9.17, 15) is 14.7 Å². The second-order valence-corrected chi connectivity index (χ2v) is 5.07. The van der Waals surface area contributed by atoms with Crippen LogP contribution < -0.4 is 5.43 Å². The highest BCUT2D eigenvalue weighted by Crippen LogP contribution is 2.23. The van der Waals surface area contributed by atoms with Gasteiger partial charge in [0.1, 0.15) is 6.54 Å². The average Bonchev–Trinajstić information content (AvgIpc) is 2.51. The molecule has 0 saturated carbocycles. The molecule has 0 bridgehead atoms. The molecule has 0 unspecified atom stereocenters. The van der Waals surface area contributed by atoms with Crippen LogP contribution in [0.1, 0.15) is 5.56 Å². The lowest BCUT2D eigenvalue weighted by Crippen LogP contribution is -2.17. The highest BCUT2D eigenvalue weighted by molar-refractivity contribution is 5.95. The Labute approximate surface area is 126 Å². The van der Waals surface area contributed by atoms with Gasteiger partial charge in [0.05, 0.1) is 17.6 Å². The van der Waals surface area contributed by atoms with E-state index in [0.29, 0.717) is 28.4 Å². The molecule has 0 aliphatic carbocycles. The van der Waals surface area contributed by atoms with Gasteiger partial charge in [-0.25, -0.2) is 0 Å². The van der Waals surface area contributed by atoms with Crippen LogP contribution in [0.15, 0.2) is 47.3 Å². The van der Waals surface area contributed by atoms with E-state index in [1.807, 2.05) is 6.07 Å². The van der Waals surface area contributed by atoms with Crippen molar-refractivity contribution >= 4 is 27.8 Å². The summed E-state index contributed by atoms with van der Waals surface area (Å²) in [6.07, 6.45) is 0. The summed E-state index contributed by atoms with van der Waals surface area (Å²) < 4.78 is 6.85. The summed E-state index contributed by atoms with van der Waals surface area (Å²) in [6, 6.07) is 12.4. The number of ether oxygens (including phenoxy) is 1. The summed E-state index contributed by atoms with van der Waals surface area (Å²) in [5.41, 5.74) is 1.94. The van der Waals surface area contributed by atoms with Crippen molar-refractivity contribution in [2.45, 2.75) is 13.2 Å². The molecule has 2 aromatic carbocycles. The summed E-state index contributed by atoms with van der Waals surface area (Å²) in [5.74, 6) is -0.956. The molecule has 0 spiro atoms. The molecule has 0 atom stereocenters. The molecule has 5 nitrogen and oxygen atoms in total. The third kappa shape index (κ3) is 2.25. The van der Waals surface area contributed by atoms with Gasteiger partial charge in [-0.1, -0.05) is 24.3 Å². The first-order chi connectivity index (χ1) is 10.6. The molecule has 1 heterocycles. The molecule has 5 heteroatoms. The van der Waals surface area contributed by atoms with Gasteiger partial charge in [-0.2, -0.15) is 0 Å². The largest absolute Gasteiger partial charge is 0.480 e. The van der Waals surface area contributed by atoms with Crippen LogP contribution in [-0.4, -0.2) is 22.8 Å². The van der Waals surface area contributed by atoms with Gasteiger partial charge in [0.25, 0.3) is 0 Å². The number of fused-ring (bicyclic) bond motifs is 2. The smallest absolute Gasteiger partial charge is 0.323 e. The third-order valence-electron chi connectivity index (χ3n) is 3.67. The zero-order valence-corrected chi connectivity index (χ0v) is 12.1. The average molecular weight is 297 g/mol. The van der Waals surface area contributed by atoms with Crippen LogP contribution in [0.3, 0.4) is 0 Å². The van der Waals surface area contributed by atoms with E-state index in [-0.39, 0.29) is 12.0 Å². The number of pyridine rings is 1. The number of hydrogen-bond donors (Lipinski definition) is 1. The first-order valence-corrected chi connectivity index (χ1v) is 6.87. The Morgan fingerprint density at radius 2 is 1.86 bits per heavy atom. The lowest BCUT2D eigenvalue weighted by molar-refractivity contribution is -0.137. The Kier molecular flexibility index (Phi) is 3.65. The maximum absolute atomic E-state index is 12.7. The van der Waals surface area contributed by atoms with Crippen LogP contribution >= 0.6 is 0 Å². The minimum absolute atomic E-state index is 0.0924. The predicted octanol–water partition coefficient (Wildman–Crippen LogP) is 2.39. The van der Waals surface area contributed by atoms with Crippen molar-refractivity contribution in [2.75, 3.05) is 7.11 Å². The zero-order valence-electron chi connectivity index (χ0n) is 12.1. The standard InChI is InChI=1S/C17H15NO4/c1-22-10-11-5-4-7-13-16(11)18(9-15(19)20)14-8-3-2-6-12(14)17(13)21/h2-8H,9-10H2,1H3,(H,19,20). The lowest BCUT2D eigenvalue weighted by atomic mass is 10.1. The maximum atomic E-state index is 12.7. The molecule has 3 aromatic rings. The third-order valence-corrected chi connectivity index (χ3v) is 3.67. The van der Waals surface area contributed by atoms with E-state index in [2.05, 4.69) is 0 Å². The summed E-state index contributed by atoms with van der Waals surface area (Å²) in [7, 11) is 1.57. The van der Waals surface area contributed by atoms with Crippen molar-refractivity contribution in [1.82, 2.24) is 4.57 Å². The van der Waals surface area contributed by atoms with E-state index >= 15 is 0 Å². The number of benzene rings is 2. The first-order valence-electron chi connectivity index (χ1n) is 6.87. The minimum Gasteiger partial charge on any atom is -0.480 e. The first kappa shape index (κ1) is 14.3. The van der Waals surface area contributed by atoms with Crippen molar-refractivity contribution in [3.63, 3.8) is 0 Å². The number of rotatable bonds is 4. The van der Waals surface area contributed by atoms with Gasteiger partial charge in [0.2, 0.25) is 0 Å². The maximum Gasteiger partial charge on any atom is 0.323 e. The Morgan fingerprint density at radius 3 is 2.59 bits per heavy atom. The molecular weight excluding hydrogens is 282 g/mol. The van der Waals surface area contributed by atoms with Crippen molar-refractivity contribution in [1.29, 1.82) is 0 Å². The quantitative estimate of drug-likeness (QED) is 0.751. The monoisotopic (exact) mass is 297 g/mol. The molecule has 22 heavy (non-hydrogen) atoms. The number of para-hydroxylation sites is 2. The van der Waals surface area contributed by atoms with E-state index in [4.69, 9.17) is 4.74 Å². The number of aromatic nitrogens is 1. The molecule has 0 aliphatic heterocycles. The van der Waals surface area contributed by atoms with E-state index in [1.165, 1.54) is 0 Å². The predicted molar refractivity (Wildman–Crippen MR) is 84.1 cm³/mol. The van der Waals surface area contributed by atoms with Crippen LogP contribution in [0.25, 0.3) is 21.8 Å². The summed E-state index contributed by atoms with van der Waals surface area (Å²) >= 11 is 0. The molecule has 1 N–H and O–H groups in total.